The lowest BCUT2D eigenvalue weighted by Crippen LogP contribution is -2.17. The monoisotopic (exact) mass is 270 g/mol. The summed E-state index contributed by atoms with van der Waals surface area (Å²) in [6.07, 6.45) is 4.52. The second-order valence-corrected chi connectivity index (χ2v) is 4.80. The quantitative estimate of drug-likeness (QED) is 0.837. The van der Waals surface area contributed by atoms with Gasteiger partial charge in [-0.15, -0.1) is 0 Å². The number of hydrogen-bond acceptors (Lipinski definition) is 3. The molecule has 2 aromatic rings. The highest BCUT2D eigenvalue weighted by Gasteiger charge is 2.03. The smallest absolute Gasteiger partial charge is 0.119 e. The Morgan fingerprint density at radius 1 is 1.10 bits per heavy atom. The molecule has 1 aromatic carbocycles. The highest BCUT2D eigenvalue weighted by Crippen LogP contribution is 2.17. The van der Waals surface area contributed by atoms with Crippen molar-refractivity contribution in [2.45, 2.75) is 26.3 Å². The summed E-state index contributed by atoms with van der Waals surface area (Å²) in [7, 11) is 0. The average Bonchev–Trinajstić information content (AvgIpc) is 2.49. The van der Waals surface area contributed by atoms with Gasteiger partial charge in [-0.05, 0) is 48.9 Å². The zero-order chi connectivity index (χ0) is 14.2. The second kappa shape index (κ2) is 7.65. The fourth-order valence-corrected chi connectivity index (χ4v) is 2.11. The summed E-state index contributed by atoms with van der Waals surface area (Å²) in [4.78, 5) is 4.01. The van der Waals surface area contributed by atoms with Gasteiger partial charge in [0.1, 0.15) is 5.75 Å². The first-order valence-corrected chi connectivity index (χ1v) is 7.14. The molecule has 0 spiro atoms. The molecule has 1 heterocycles. The van der Waals surface area contributed by atoms with Gasteiger partial charge in [-0.2, -0.15) is 0 Å². The van der Waals surface area contributed by atoms with Crippen molar-refractivity contribution >= 4 is 0 Å². The van der Waals surface area contributed by atoms with Crippen LogP contribution >= 0.6 is 0 Å². The van der Waals surface area contributed by atoms with Crippen LogP contribution in [-0.2, 0) is 6.42 Å². The van der Waals surface area contributed by atoms with Crippen LogP contribution in [0.1, 0.15) is 31.0 Å². The fourth-order valence-electron chi connectivity index (χ4n) is 2.11. The van der Waals surface area contributed by atoms with Gasteiger partial charge in [-0.3, -0.25) is 4.98 Å². The summed E-state index contributed by atoms with van der Waals surface area (Å²) in [6.45, 7) is 5.95. The lowest BCUT2D eigenvalue weighted by Gasteiger charge is -2.13. The van der Waals surface area contributed by atoms with E-state index in [0.29, 0.717) is 12.6 Å². The van der Waals surface area contributed by atoms with Crippen LogP contribution in [0.15, 0.2) is 48.8 Å². The molecule has 20 heavy (non-hydrogen) atoms. The van der Waals surface area contributed by atoms with E-state index >= 15 is 0 Å². The molecule has 0 aliphatic heterocycles. The molecule has 1 N–H and O–H groups in total. The van der Waals surface area contributed by atoms with Gasteiger partial charge in [0, 0.05) is 24.9 Å². The minimum atomic E-state index is 0.380. The standard InChI is InChI=1S/C17H22N2O/c1-3-19-14(2)16-4-6-17(7-5-16)20-13-10-15-8-11-18-12-9-15/h4-9,11-12,14,19H,3,10,13H2,1-2H3. The number of hydrogen-bond donors (Lipinski definition) is 1. The van der Waals surface area contributed by atoms with Crippen molar-refractivity contribution in [3.63, 3.8) is 0 Å². The lowest BCUT2D eigenvalue weighted by molar-refractivity contribution is 0.321. The molecule has 0 radical (unpaired) electrons. The van der Waals surface area contributed by atoms with Crippen molar-refractivity contribution in [1.82, 2.24) is 10.3 Å². The van der Waals surface area contributed by atoms with Gasteiger partial charge < -0.3 is 10.1 Å². The topological polar surface area (TPSA) is 34.1 Å². The van der Waals surface area contributed by atoms with Gasteiger partial charge in [0.15, 0.2) is 0 Å². The molecule has 0 saturated heterocycles. The maximum atomic E-state index is 5.76. The molecular formula is C17H22N2O. The second-order valence-electron chi connectivity index (χ2n) is 4.80. The summed E-state index contributed by atoms with van der Waals surface area (Å²) < 4.78 is 5.76. The third-order valence-electron chi connectivity index (χ3n) is 3.30. The van der Waals surface area contributed by atoms with Crippen molar-refractivity contribution in [3.8, 4) is 5.75 Å². The Labute approximate surface area is 121 Å². The van der Waals surface area contributed by atoms with E-state index in [0.717, 1.165) is 18.7 Å². The highest BCUT2D eigenvalue weighted by molar-refractivity contribution is 5.29. The van der Waals surface area contributed by atoms with Gasteiger partial charge in [0.2, 0.25) is 0 Å². The number of rotatable bonds is 7. The van der Waals surface area contributed by atoms with Crippen molar-refractivity contribution in [1.29, 1.82) is 0 Å². The van der Waals surface area contributed by atoms with Crippen LogP contribution in [-0.4, -0.2) is 18.1 Å². The third kappa shape index (κ3) is 4.35. The zero-order valence-electron chi connectivity index (χ0n) is 12.2. The molecule has 1 unspecified atom stereocenters. The number of pyridine rings is 1. The van der Waals surface area contributed by atoms with Crippen LogP contribution in [0.3, 0.4) is 0 Å². The van der Waals surface area contributed by atoms with E-state index in [1.54, 1.807) is 0 Å². The largest absolute Gasteiger partial charge is 0.493 e. The maximum absolute atomic E-state index is 5.76. The van der Waals surface area contributed by atoms with Crippen LogP contribution < -0.4 is 10.1 Å². The first-order chi connectivity index (χ1) is 9.79. The normalized spacial score (nSPS) is 12.1. The highest BCUT2D eigenvalue weighted by atomic mass is 16.5. The molecule has 3 nitrogen and oxygen atoms in total. The Bertz CT molecular complexity index is 496. The number of benzene rings is 1. The van der Waals surface area contributed by atoms with Gasteiger partial charge in [-0.1, -0.05) is 19.1 Å². The molecule has 0 aliphatic rings. The maximum Gasteiger partial charge on any atom is 0.119 e. The number of aromatic nitrogens is 1. The lowest BCUT2D eigenvalue weighted by atomic mass is 10.1. The molecular weight excluding hydrogens is 248 g/mol. The number of ether oxygens (including phenoxy) is 1. The summed E-state index contributed by atoms with van der Waals surface area (Å²) >= 11 is 0. The predicted molar refractivity (Wildman–Crippen MR) is 82.0 cm³/mol. The first-order valence-electron chi connectivity index (χ1n) is 7.14. The summed E-state index contributed by atoms with van der Waals surface area (Å²) in [5.41, 5.74) is 2.53. The molecule has 0 aliphatic carbocycles. The third-order valence-corrected chi connectivity index (χ3v) is 3.30. The van der Waals surface area contributed by atoms with E-state index in [4.69, 9.17) is 4.74 Å². The van der Waals surface area contributed by atoms with Crippen LogP contribution in [0.4, 0.5) is 0 Å². The van der Waals surface area contributed by atoms with Crippen molar-refractivity contribution in [2.24, 2.45) is 0 Å². The fraction of sp³-hybridized carbons (Fsp3) is 0.353. The summed E-state index contributed by atoms with van der Waals surface area (Å²) in [5, 5.41) is 3.40. The molecule has 2 rings (SSSR count). The first kappa shape index (κ1) is 14.5. The molecule has 1 aromatic heterocycles. The number of nitrogens with one attached hydrogen (secondary N) is 1. The van der Waals surface area contributed by atoms with Crippen molar-refractivity contribution in [3.05, 3.63) is 59.9 Å². The van der Waals surface area contributed by atoms with Crippen LogP contribution in [0.5, 0.6) is 5.75 Å². The molecule has 1 atom stereocenters. The Kier molecular flexibility index (Phi) is 5.56. The van der Waals surface area contributed by atoms with Gasteiger partial charge in [-0.25, -0.2) is 0 Å². The van der Waals surface area contributed by atoms with Gasteiger partial charge in [0.05, 0.1) is 6.61 Å². The Morgan fingerprint density at radius 2 is 1.80 bits per heavy atom. The van der Waals surface area contributed by atoms with Crippen molar-refractivity contribution in [2.75, 3.05) is 13.2 Å². The molecule has 0 bridgehead atoms. The van der Waals surface area contributed by atoms with Crippen LogP contribution in [0.2, 0.25) is 0 Å². The predicted octanol–water partition coefficient (Wildman–Crippen LogP) is 3.37. The summed E-state index contributed by atoms with van der Waals surface area (Å²) in [6, 6.07) is 12.7. The zero-order valence-corrected chi connectivity index (χ0v) is 12.2. The minimum Gasteiger partial charge on any atom is -0.493 e. The van der Waals surface area contributed by atoms with Crippen LogP contribution in [0, 0.1) is 0 Å². The van der Waals surface area contributed by atoms with E-state index in [-0.39, 0.29) is 0 Å². The van der Waals surface area contributed by atoms with E-state index in [1.165, 1.54) is 11.1 Å². The van der Waals surface area contributed by atoms with Gasteiger partial charge in [0.25, 0.3) is 0 Å². The van der Waals surface area contributed by atoms with E-state index < -0.39 is 0 Å². The van der Waals surface area contributed by atoms with Crippen LogP contribution in [0.25, 0.3) is 0 Å². The van der Waals surface area contributed by atoms with Crippen molar-refractivity contribution < 1.29 is 4.74 Å². The average molecular weight is 270 g/mol. The molecule has 106 valence electrons. The molecule has 3 heteroatoms. The Hall–Kier alpha value is -1.87. The summed E-state index contributed by atoms with van der Waals surface area (Å²) in [5.74, 6) is 0.923. The van der Waals surface area contributed by atoms with E-state index in [9.17, 15) is 0 Å². The SMILES string of the molecule is CCNC(C)c1ccc(OCCc2ccncc2)cc1. The number of nitrogens with zero attached hydrogens (tertiary/aromatic N) is 1. The Morgan fingerprint density at radius 3 is 2.45 bits per heavy atom. The Balaban J connectivity index is 1.82. The molecule has 0 saturated carbocycles. The van der Waals surface area contributed by atoms with E-state index in [1.807, 2.05) is 36.7 Å². The molecule has 0 amide bonds. The van der Waals surface area contributed by atoms with Gasteiger partial charge >= 0.3 is 0 Å². The minimum absolute atomic E-state index is 0.380. The molecule has 0 fully saturated rings. The van der Waals surface area contributed by atoms with E-state index in [2.05, 4.69) is 36.3 Å².